The van der Waals surface area contributed by atoms with E-state index in [9.17, 15) is 14.4 Å². The fourth-order valence-electron chi connectivity index (χ4n) is 8.26. The van der Waals surface area contributed by atoms with E-state index in [2.05, 4.69) is 130 Å². The second-order valence-corrected chi connectivity index (χ2v) is 19.9. The highest BCUT2D eigenvalue weighted by molar-refractivity contribution is 5.71. The Bertz CT molecular complexity index is 1490. The first kappa shape index (κ1) is 69.1. The first-order chi connectivity index (χ1) is 36.0. The van der Waals surface area contributed by atoms with Crippen LogP contribution in [0.3, 0.4) is 0 Å². The number of ether oxygens (including phenoxy) is 3. The van der Waals surface area contributed by atoms with Crippen molar-refractivity contribution < 1.29 is 28.6 Å². The van der Waals surface area contributed by atoms with E-state index in [-0.39, 0.29) is 31.1 Å². The summed E-state index contributed by atoms with van der Waals surface area (Å²) in [6.45, 7) is 6.49. The lowest BCUT2D eigenvalue weighted by atomic mass is 10.1. The Morgan fingerprint density at radius 3 is 0.836 bits per heavy atom. The Kier molecular flexibility index (Phi) is 57.4. The van der Waals surface area contributed by atoms with Crippen LogP contribution >= 0.6 is 0 Å². The number of hydrogen-bond donors (Lipinski definition) is 0. The van der Waals surface area contributed by atoms with Gasteiger partial charge in [0.15, 0.2) is 6.10 Å². The summed E-state index contributed by atoms with van der Waals surface area (Å²) in [5.41, 5.74) is 0. The molecule has 6 heteroatoms. The maximum Gasteiger partial charge on any atom is 0.306 e. The molecule has 0 aromatic rings. The number of allylic oxidation sites excluding steroid dienone is 18. The SMILES string of the molecule is CC/C=C\C/C=C\C/C=C\C/C=C\C/C=C\C/C=C\C/C=C\C/C=C\C/C=C\CCCCCCCCCC(=O)OCC(COC(=O)CCCCCCCCCCCC)OC(=O)CCCCCCCCCCCC. The van der Waals surface area contributed by atoms with Crippen LogP contribution in [-0.4, -0.2) is 37.2 Å². The van der Waals surface area contributed by atoms with E-state index in [0.717, 1.165) is 122 Å². The molecule has 6 nitrogen and oxygen atoms in total. The van der Waals surface area contributed by atoms with Gasteiger partial charge in [-0.3, -0.25) is 14.4 Å². The smallest absolute Gasteiger partial charge is 0.306 e. The third kappa shape index (κ3) is 58.8. The second-order valence-electron chi connectivity index (χ2n) is 19.9. The number of hydrogen-bond acceptors (Lipinski definition) is 6. The molecule has 0 aromatic heterocycles. The third-order valence-electron chi connectivity index (χ3n) is 12.8. The largest absolute Gasteiger partial charge is 0.462 e. The number of esters is 3. The maximum atomic E-state index is 12.8. The van der Waals surface area contributed by atoms with Crippen molar-refractivity contribution in [2.24, 2.45) is 0 Å². The zero-order valence-corrected chi connectivity index (χ0v) is 47.6. The van der Waals surface area contributed by atoms with Crippen molar-refractivity contribution in [1.29, 1.82) is 0 Å². The van der Waals surface area contributed by atoms with Gasteiger partial charge in [0.2, 0.25) is 0 Å². The zero-order valence-electron chi connectivity index (χ0n) is 47.6. The van der Waals surface area contributed by atoms with Gasteiger partial charge in [0.1, 0.15) is 13.2 Å². The summed E-state index contributed by atoms with van der Waals surface area (Å²) in [6.07, 6.45) is 82.5. The topological polar surface area (TPSA) is 78.9 Å². The maximum absolute atomic E-state index is 12.8. The molecular formula is C67H112O6. The monoisotopic (exact) mass is 1010 g/mol. The summed E-state index contributed by atoms with van der Waals surface area (Å²) >= 11 is 0. The molecule has 0 amide bonds. The molecule has 0 aliphatic heterocycles. The Morgan fingerprint density at radius 2 is 0.534 bits per heavy atom. The molecule has 0 heterocycles. The molecule has 0 saturated carbocycles. The van der Waals surface area contributed by atoms with Crippen LogP contribution in [0, 0.1) is 0 Å². The minimum Gasteiger partial charge on any atom is -0.462 e. The van der Waals surface area contributed by atoms with Gasteiger partial charge in [0, 0.05) is 19.3 Å². The molecular weight excluding hydrogens is 901 g/mol. The van der Waals surface area contributed by atoms with Crippen LogP contribution in [0.4, 0.5) is 0 Å². The lowest BCUT2D eigenvalue weighted by Crippen LogP contribution is -2.30. The highest BCUT2D eigenvalue weighted by atomic mass is 16.6. The summed E-state index contributed by atoms with van der Waals surface area (Å²) in [7, 11) is 0. The van der Waals surface area contributed by atoms with Crippen LogP contribution in [0.5, 0.6) is 0 Å². The Morgan fingerprint density at radius 1 is 0.288 bits per heavy atom. The predicted octanol–water partition coefficient (Wildman–Crippen LogP) is 20.7. The van der Waals surface area contributed by atoms with Crippen LogP contribution in [0.1, 0.15) is 278 Å². The number of carbonyl (C=O) groups is 3. The minimum atomic E-state index is -0.777. The van der Waals surface area contributed by atoms with Gasteiger partial charge in [-0.05, 0) is 89.9 Å². The van der Waals surface area contributed by atoms with E-state index >= 15 is 0 Å². The summed E-state index contributed by atoms with van der Waals surface area (Å²) in [5.74, 6) is -0.890. The first-order valence-corrected chi connectivity index (χ1v) is 30.4. The van der Waals surface area contributed by atoms with E-state index < -0.39 is 6.10 Å². The van der Waals surface area contributed by atoms with Gasteiger partial charge >= 0.3 is 17.9 Å². The molecule has 1 unspecified atom stereocenters. The molecule has 0 fully saturated rings. The van der Waals surface area contributed by atoms with E-state index in [4.69, 9.17) is 14.2 Å². The average Bonchev–Trinajstić information content (AvgIpc) is 3.39. The second kappa shape index (κ2) is 60.6. The van der Waals surface area contributed by atoms with Crippen molar-refractivity contribution in [3.05, 3.63) is 109 Å². The normalized spacial score (nSPS) is 12.9. The first-order valence-electron chi connectivity index (χ1n) is 30.4. The Hall–Kier alpha value is -3.93. The van der Waals surface area contributed by atoms with E-state index in [1.54, 1.807) is 0 Å². The third-order valence-corrected chi connectivity index (χ3v) is 12.8. The molecule has 0 aliphatic carbocycles. The van der Waals surface area contributed by atoms with Gasteiger partial charge in [0.05, 0.1) is 0 Å². The number of carbonyl (C=O) groups excluding carboxylic acids is 3. The molecule has 0 rings (SSSR count). The van der Waals surface area contributed by atoms with Crippen molar-refractivity contribution in [1.82, 2.24) is 0 Å². The van der Waals surface area contributed by atoms with Crippen molar-refractivity contribution in [3.8, 4) is 0 Å². The molecule has 0 bridgehead atoms. The van der Waals surface area contributed by atoms with E-state index in [0.29, 0.717) is 19.3 Å². The van der Waals surface area contributed by atoms with Gasteiger partial charge in [-0.15, -0.1) is 0 Å². The zero-order chi connectivity index (χ0) is 52.9. The summed E-state index contributed by atoms with van der Waals surface area (Å²) in [6, 6.07) is 0. The van der Waals surface area contributed by atoms with E-state index in [1.165, 1.54) is 116 Å². The highest BCUT2D eigenvalue weighted by Crippen LogP contribution is 2.15. The molecule has 0 spiro atoms. The Balaban J connectivity index is 4.13. The van der Waals surface area contributed by atoms with Crippen molar-refractivity contribution >= 4 is 17.9 Å². The quantitative estimate of drug-likeness (QED) is 0.0261. The van der Waals surface area contributed by atoms with Crippen molar-refractivity contribution in [2.45, 2.75) is 284 Å². The van der Waals surface area contributed by atoms with Gasteiger partial charge in [-0.1, -0.05) is 278 Å². The van der Waals surface area contributed by atoms with E-state index in [1.807, 2.05) is 0 Å². The number of rotatable bonds is 54. The van der Waals surface area contributed by atoms with Gasteiger partial charge in [-0.25, -0.2) is 0 Å². The van der Waals surface area contributed by atoms with Crippen LogP contribution in [0.25, 0.3) is 0 Å². The lowest BCUT2D eigenvalue weighted by Gasteiger charge is -2.18. The lowest BCUT2D eigenvalue weighted by molar-refractivity contribution is -0.167. The molecule has 73 heavy (non-hydrogen) atoms. The van der Waals surface area contributed by atoms with Crippen molar-refractivity contribution in [2.75, 3.05) is 13.2 Å². The predicted molar refractivity (Wildman–Crippen MR) is 316 cm³/mol. The molecule has 416 valence electrons. The molecule has 0 radical (unpaired) electrons. The fraction of sp³-hybridized carbons (Fsp3) is 0.687. The van der Waals surface area contributed by atoms with Crippen LogP contribution in [0.15, 0.2) is 109 Å². The highest BCUT2D eigenvalue weighted by Gasteiger charge is 2.19. The molecule has 0 aliphatic rings. The van der Waals surface area contributed by atoms with Gasteiger partial charge in [-0.2, -0.15) is 0 Å². The Labute approximate surface area is 450 Å². The molecule has 1 atom stereocenters. The average molecular weight is 1010 g/mol. The van der Waals surface area contributed by atoms with Gasteiger partial charge < -0.3 is 14.2 Å². The minimum absolute atomic E-state index is 0.0778. The molecule has 0 saturated heterocycles. The van der Waals surface area contributed by atoms with Crippen LogP contribution < -0.4 is 0 Å². The van der Waals surface area contributed by atoms with Crippen molar-refractivity contribution in [3.63, 3.8) is 0 Å². The standard InChI is InChI=1S/C67H112O6/c1-4-7-10-13-16-19-22-23-24-25-26-27-28-29-30-31-32-33-34-35-36-37-38-39-40-41-42-43-44-45-46-49-51-54-57-60-66(69)72-63-64(73-67(70)61-58-55-52-48-21-18-15-12-9-6-3)62-71-65(68)59-56-53-50-47-20-17-14-11-8-5-2/h7,10,16,19,23-24,26-27,29-30,32-33,35-36,38-39,41-42,64H,4-6,8-9,11-15,17-18,20-22,25,28,31,34,37,40,43-63H2,1-3H3/b10-7-,19-16-,24-23-,27-26-,30-29-,33-32-,36-35-,39-38-,42-41-. The molecule has 0 N–H and O–H groups in total. The molecule has 0 aromatic carbocycles. The summed E-state index contributed by atoms with van der Waals surface area (Å²) in [5, 5.41) is 0. The van der Waals surface area contributed by atoms with Crippen LogP contribution in [-0.2, 0) is 28.6 Å². The number of unbranched alkanes of at least 4 members (excludes halogenated alkanes) is 25. The summed E-state index contributed by atoms with van der Waals surface area (Å²) in [4.78, 5) is 38.0. The van der Waals surface area contributed by atoms with Crippen LogP contribution in [0.2, 0.25) is 0 Å². The fourth-order valence-corrected chi connectivity index (χ4v) is 8.26. The van der Waals surface area contributed by atoms with Gasteiger partial charge in [0.25, 0.3) is 0 Å². The summed E-state index contributed by atoms with van der Waals surface area (Å²) < 4.78 is 16.8.